The number of hydrogen-bond donors (Lipinski definition) is 1. The predicted molar refractivity (Wildman–Crippen MR) is 109 cm³/mol. The van der Waals surface area contributed by atoms with Crippen LogP contribution in [0.5, 0.6) is 5.75 Å². The van der Waals surface area contributed by atoms with E-state index in [0.29, 0.717) is 37.6 Å². The third kappa shape index (κ3) is 4.45. The highest BCUT2D eigenvalue weighted by molar-refractivity contribution is 8.26. The van der Waals surface area contributed by atoms with Crippen LogP contribution in [0.2, 0.25) is 5.02 Å². The number of benzene rings is 2. The topological polar surface area (TPSA) is 38.3 Å². The summed E-state index contributed by atoms with van der Waals surface area (Å²) in [5.41, 5.74) is 3.27. The molecule has 0 bridgehead atoms. The highest BCUT2D eigenvalue weighted by Crippen LogP contribution is 2.29. The molecule has 2 aromatic carbocycles. The summed E-state index contributed by atoms with van der Waals surface area (Å²) in [7, 11) is 5.87. The fourth-order valence-electron chi connectivity index (χ4n) is 2.30. The third-order valence-electron chi connectivity index (χ3n) is 3.55. The molecule has 0 aliphatic carbocycles. The molecule has 2 radical (unpaired) electrons. The number of thioether (sulfide) groups is 1. The molecule has 3 nitrogen and oxygen atoms in total. The molecule has 2 aromatic rings. The lowest BCUT2D eigenvalue weighted by Gasteiger charge is -2.12. The van der Waals surface area contributed by atoms with E-state index >= 15 is 0 Å². The van der Waals surface area contributed by atoms with Gasteiger partial charge in [-0.3, -0.25) is 4.79 Å². The zero-order valence-electron chi connectivity index (χ0n) is 13.3. The Bertz CT molecular complexity index is 899. The smallest absolute Gasteiger partial charge is 0.263 e. The van der Waals surface area contributed by atoms with E-state index in [1.807, 2.05) is 25.1 Å². The van der Waals surface area contributed by atoms with Gasteiger partial charge < -0.3 is 10.1 Å². The lowest BCUT2D eigenvalue weighted by Crippen LogP contribution is -2.17. The fraction of sp³-hybridized carbons (Fsp3) is 0.111. The van der Waals surface area contributed by atoms with Crippen LogP contribution in [-0.4, -0.2) is 18.1 Å². The van der Waals surface area contributed by atoms with Gasteiger partial charge in [0.25, 0.3) is 5.91 Å². The molecule has 0 spiro atoms. The number of thiocarbonyl (C=S) groups is 1. The second-order valence-corrected chi connectivity index (χ2v) is 7.66. The molecule has 0 atom stereocenters. The Kier molecular flexibility index (Phi) is 5.52. The molecule has 1 aliphatic rings. The van der Waals surface area contributed by atoms with Crippen molar-refractivity contribution in [2.75, 3.05) is 0 Å². The third-order valence-corrected chi connectivity index (χ3v) is 5.07. The van der Waals surface area contributed by atoms with Crippen LogP contribution in [0.25, 0.3) is 6.08 Å². The minimum absolute atomic E-state index is 0.218. The normalized spacial score (nSPS) is 15.5. The van der Waals surface area contributed by atoms with Crippen LogP contribution in [0, 0.1) is 6.92 Å². The predicted octanol–water partition coefficient (Wildman–Crippen LogP) is 3.51. The van der Waals surface area contributed by atoms with Crippen LogP contribution in [-0.2, 0) is 11.4 Å². The van der Waals surface area contributed by atoms with Crippen molar-refractivity contribution in [1.82, 2.24) is 5.32 Å². The van der Waals surface area contributed by atoms with E-state index in [1.54, 1.807) is 24.3 Å². The van der Waals surface area contributed by atoms with Gasteiger partial charge in [0.1, 0.15) is 24.5 Å². The molecule has 1 fully saturated rings. The maximum absolute atomic E-state index is 11.9. The summed E-state index contributed by atoms with van der Waals surface area (Å²) in [5, 5.41) is 3.25. The number of halogens is 1. The summed E-state index contributed by atoms with van der Waals surface area (Å²) >= 11 is 12.5. The summed E-state index contributed by atoms with van der Waals surface area (Å²) in [5.74, 6) is 0.398. The number of aryl methyl sites for hydroxylation is 1. The largest absolute Gasteiger partial charge is 0.488 e. The molecule has 7 heteroatoms. The SMILES string of the molecule is [B]c1ccc(OCc2ccc(C)cc2Cl)c(/C=C2\SC(=S)NC2=O)c1. The summed E-state index contributed by atoms with van der Waals surface area (Å²) < 4.78 is 6.35. The van der Waals surface area contributed by atoms with Gasteiger partial charge in [0.05, 0.1) is 4.91 Å². The number of carbonyl (C=O) groups is 1. The summed E-state index contributed by atoms with van der Waals surface area (Å²) in [6.07, 6.45) is 1.72. The Balaban J connectivity index is 1.85. The quantitative estimate of drug-likeness (QED) is 0.496. The summed E-state index contributed by atoms with van der Waals surface area (Å²) in [6, 6.07) is 11.1. The number of rotatable bonds is 4. The van der Waals surface area contributed by atoms with Crippen molar-refractivity contribution in [3.8, 4) is 5.75 Å². The minimum Gasteiger partial charge on any atom is -0.488 e. The molecule has 3 rings (SSSR count). The van der Waals surface area contributed by atoms with Gasteiger partial charge in [-0.25, -0.2) is 0 Å². The van der Waals surface area contributed by atoms with E-state index in [4.69, 9.17) is 36.4 Å². The van der Waals surface area contributed by atoms with Crippen LogP contribution in [0.15, 0.2) is 41.3 Å². The Labute approximate surface area is 162 Å². The molecule has 1 aliphatic heterocycles. The highest BCUT2D eigenvalue weighted by Gasteiger charge is 2.22. The molecule has 0 aromatic heterocycles. The second kappa shape index (κ2) is 7.64. The van der Waals surface area contributed by atoms with E-state index in [-0.39, 0.29) is 5.91 Å². The van der Waals surface area contributed by atoms with Gasteiger partial charge in [0.2, 0.25) is 0 Å². The van der Waals surface area contributed by atoms with Crippen LogP contribution < -0.4 is 15.5 Å². The van der Waals surface area contributed by atoms with E-state index < -0.39 is 0 Å². The Morgan fingerprint density at radius 3 is 2.80 bits per heavy atom. The lowest BCUT2D eigenvalue weighted by atomic mass is 9.94. The van der Waals surface area contributed by atoms with E-state index in [0.717, 1.165) is 11.1 Å². The highest BCUT2D eigenvalue weighted by atomic mass is 35.5. The van der Waals surface area contributed by atoms with E-state index in [2.05, 4.69) is 5.32 Å². The van der Waals surface area contributed by atoms with Gasteiger partial charge in [-0.15, -0.1) is 0 Å². The number of amides is 1. The molecule has 1 amide bonds. The molecule has 1 heterocycles. The lowest BCUT2D eigenvalue weighted by molar-refractivity contribution is -0.115. The molecule has 25 heavy (non-hydrogen) atoms. The minimum atomic E-state index is -0.218. The van der Waals surface area contributed by atoms with Crippen LogP contribution in [0.1, 0.15) is 16.7 Å². The van der Waals surface area contributed by atoms with E-state index in [1.165, 1.54) is 11.8 Å². The molecule has 1 saturated heterocycles. The average Bonchev–Trinajstić information content (AvgIpc) is 2.85. The van der Waals surface area contributed by atoms with Gasteiger partial charge in [0, 0.05) is 16.1 Å². The van der Waals surface area contributed by atoms with Gasteiger partial charge in [-0.1, -0.05) is 65.3 Å². The second-order valence-electron chi connectivity index (χ2n) is 5.53. The van der Waals surface area contributed by atoms with Crippen molar-refractivity contribution < 1.29 is 9.53 Å². The van der Waals surface area contributed by atoms with Gasteiger partial charge in [0.15, 0.2) is 0 Å². The first-order valence-electron chi connectivity index (χ1n) is 7.44. The van der Waals surface area contributed by atoms with Crippen LogP contribution in [0.4, 0.5) is 0 Å². The van der Waals surface area contributed by atoms with Crippen molar-refractivity contribution in [2.24, 2.45) is 0 Å². The standard InChI is InChI=1S/C18H13BClNO2S2/c1-10-2-3-11(14(20)6-10)9-23-15-5-4-13(19)7-12(15)8-16-17(22)21-18(24)25-16/h2-8H,9H2,1H3,(H,21,22,24)/b16-8-. The zero-order chi connectivity index (χ0) is 18.0. The van der Waals surface area contributed by atoms with Crippen molar-refractivity contribution in [3.05, 3.63) is 63.0 Å². The van der Waals surface area contributed by atoms with Gasteiger partial charge in [-0.2, -0.15) is 0 Å². The Morgan fingerprint density at radius 1 is 1.32 bits per heavy atom. The zero-order valence-corrected chi connectivity index (χ0v) is 15.7. The first-order valence-corrected chi connectivity index (χ1v) is 9.05. The van der Waals surface area contributed by atoms with E-state index in [9.17, 15) is 4.79 Å². The van der Waals surface area contributed by atoms with Gasteiger partial charge in [-0.05, 0) is 30.7 Å². The van der Waals surface area contributed by atoms with Crippen LogP contribution in [0.3, 0.4) is 0 Å². The molecule has 0 unspecified atom stereocenters. The van der Waals surface area contributed by atoms with Crippen molar-refractivity contribution in [2.45, 2.75) is 13.5 Å². The Hall–Kier alpha value is -1.76. The number of nitrogens with one attached hydrogen (secondary N) is 1. The van der Waals surface area contributed by atoms with Crippen LogP contribution >= 0.6 is 35.6 Å². The monoisotopic (exact) mass is 385 g/mol. The molecule has 124 valence electrons. The molecule has 0 saturated carbocycles. The van der Waals surface area contributed by atoms with Crippen molar-refractivity contribution in [1.29, 1.82) is 0 Å². The maximum atomic E-state index is 11.9. The van der Waals surface area contributed by atoms with Crippen molar-refractivity contribution in [3.63, 3.8) is 0 Å². The average molecular weight is 386 g/mol. The first-order chi connectivity index (χ1) is 11.9. The van der Waals surface area contributed by atoms with Crippen molar-refractivity contribution >= 4 is 65.2 Å². The first kappa shape index (κ1) is 18.0. The number of ether oxygens (including phenoxy) is 1. The molecular weight excluding hydrogens is 373 g/mol. The van der Waals surface area contributed by atoms with Gasteiger partial charge >= 0.3 is 0 Å². The fourth-order valence-corrected chi connectivity index (χ4v) is 3.62. The maximum Gasteiger partial charge on any atom is 0.263 e. The molecular formula is C18H13BClNO2S2. The number of carbonyl (C=O) groups excluding carboxylic acids is 1. The Morgan fingerprint density at radius 2 is 2.12 bits per heavy atom. The summed E-state index contributed by atoms with van der Waals surface area (Å²) in [4.78, 5) is 12.4. The molecule has 1 N–H and O–H groups in total. The summed E-state index contributed by atoms with van der Waals surface area (Å²) in [6.45, 7) is 2.30. The number of hydrogen-bond acceptors (Lipinski definition) is 4.